The summed E-state index contributed by atoms with van der Waals surface area (Å²) >= 11 is 0. The van der Waals surface area contributed by atoms with Gasteiger partial charge in [-0.1, -0.05) is 30.3 Å². The quantitative estimate of drug-likeness (QED) is 0.0927. The normalized spacial score (nSPS) is 11.7. The van der Waals surface area contributed by atoms with Crippen LogP contribution < -0.4 is 5.32 Å². The van der Waals surface area contributed by atoms with E-state index in [-0.39, 0.29) is 33.2 Å². The number of anilines is 2. The van der Waals surface area contributed by atoms with Gasteiger partial charge in [0.15, 0.2) is 0 Å². The van der Waals surface area contributed by atoms with Crippen LogP contribution in [0.5, 0.6) is 5.75 Å². The predicted molar refractivity (Wildman–Crippen MR) is 160 cm³/mol. The Balaban J connectivity index is 0.000000238. The van der Waals surface area contributed by atoms with Crippen molar-refractivity contribution in [1.29, 1.82) is 0 Å². The molecule has 5 aromatic rings. The number of ether oxygens (including phenoxy) is 1. The number of halogens is 5. The monoisotopic (exact) mass is 656 g/mol. The number of hydrogen-bond donors (Lipinski definition) is 5. The van der Waals surface area contributed by atoms with E-state index in [0.29, 0.717) is 17.4 Å². The molecule has 0 bridgehead atoms. The van der Waals surface area contributed by atoms with Gasteiger partial charge in [-0.15, -0.1) is 0 Å². The number of carboxylic acid groups (broad SMARTS) is 1. The van der Waals surface area contributed by atoms with Crippen molar-refractivity contribution in [1.82, 2.24) is 4.98 Å². The third-order valence-electron chi connectivity index (χ3n) is 6.58. The van der Waals surface area contributed by atoms with Gasteiger partial charge in [-0.05, 0) is 54.1 Å². The van der Waals surface area contributed by atoms with Crippen LogP contribution in [-0.4, -0.2) is 56.7 Å². The Labute approximate surface area is 263 Å². The summed E-state index contributed by atoms with van der Waals surface area (Å²) < 4.78 is 71.0. The van der Waals surface area contributed by atoms with Gasteiger partial charge < -0.3 is 30.5 Å². The molecule has 0 aliphatic carbocycles. The number of fused-ring (bicyclic) bond motifs is 1. The van der Waals surface area contributed by atoms with Gasteiger partial charge in [-0.3, -0.25) is 4.98 Å². The number of aliphatic hydroxyl groups excluding tert-OH is 2. The van der Waals surface area contributed by atoms with Crippen LogP contribution in [0, 0.1) is 11.6 Å². The molecular weight excluding hydrogens is 631 g/mol. The third kappa shape index (κ3) is 8.36. The molecule has 0 fully saturated rings. The molecule has 244 valence electrons. The first-order chi connectivity index (χ1) is 22.3. The molecule has 1 aromatic heterocycles. The maximum absolute atomic E-state index is 13.5. The van der Waals surface area contributed by atoms with Crippen molar-refractivity contribution in [2.45, 2.75) is 12.3 Å². The number of benzene rings is 4. The second kappa shape index (κ2) is 14.7. The smallest absolute Gasteiger partial charge is 0.418 e. The van der Waals surface area contributed by atoms with Crippen molar-refractivity contribution >= 4 is 34.2 Å². The summed E-state index contributed by atoms with van der Waals surface area (Å²) in [6.45, 7) is -0.950. The van der Waals surface area contributed by atoms with Crippen LogP contribution in [0.2, 0.25) is 0 Å². The van der Waals surface area contributed by atoms with Crippen molar-refractivity contribution < 1.29 is 56.7 Å². The van der Waals surface area contributed by atoms with Crippen LogP contribution in [0.15, 0.2) is 91.1 Å². The van der Waals surface area contributed by atoms with Crippen LogP contribution in [0.3, 0.4) is 0 Å². The van der Waals surface area contributed by atoms with E-state index in [1.54, 1.807) is 18.2 Å². The fourth-order valence-corrected chi connectivity index (χ4v) is 4.33. The molecule has 0 spiro atoms. The Morgan fingerprint density at radius 3 is 2.32 bits per heavy atom. The SMILES string of the molecule is O=C(O)c1cc(-c2ccc(F)cc2F)ccc1O.O=C(OCC(O)CO)c1ccccc1Nc1ccnc2c(C(F)(F)F)cccc12. The molecule has 14 heteroatoms. The Hall–Kier alpha value is -5.60. The maximum atomic E-state index is 13.5. The number of aromatic nitrogens is 1. The number of hydrogen-bond acceptors (Lipinski definition) is 8. The van der Waals surface area contributed by atoms with Crippen molar-refractivity contribution in [3.8, 4) is 16.9 Å². The number of aromatic hydroxyl groups is 1. The molecule has 4 aromatic carbocycles. The summed E-state index contributed by atoms with van der Waals surface area (Å²) in [6, 6.07) is 18.2. The Bertz CT molecular complexity index is 1920. The van der Waals surface area contributed by atoms with Gasteiger partial charge in [0.1, 0.15) is 35.7 Å². The van der Waals surface area contributed by atoms with E-state index < -0.39 is 60.4 Å². The highest BCUT2D eigenvalue weighted by molar-refractivity contribution is 6.00. The Morgan fingerprint density at radius 2 is 1.64 bits per heavy atom. The summed E-state index contributed by atoms with van der Waals surface area (Å²) in [7, 11) is 0. The topological polar surface area (TPSA) is 149 Å². The fraction of sp³-hybridized carbons (Fsp3) is 0.121. The Morgan fingerprint density at radius 1 is 0.894 bits per heavy atom. The number of nitrogens with zero attached hydrogens (tertiary/aromatic N) is 1. The highest BCUT2D eigenvalue weighted by atomic mass is 19.4. The molecule has 0 aliphatic rings. The minimum Gasteiger partial charge on any atom is -0.507 e. The number of nitrogens with one attached hydrogen (secondary N) is 1. The van der Waals surface area contributed by atoms with Crippen LogP contribution in [0.1, 0.15) is 26.3 Å². The number of carbonyl (C=O) groups excluding carboxylic acids is 1. The van der Waals surface area contributed by atoms with Crippen LogP contribution in [-0.2, 0) is 10.9 Å². The fourth-order valence-electron chi connectivity index (χ4n) is 4.33. The minimum atomic E-state index is -4.56. The van der Waals surface area contributed by atoms with Gasteiger partial charge in [0, 0.05) is 28.9 Å². The number of esters is 1. The highest BCUT2D eigenvalue weighted by Gasteiger charge is 2.33. The lowest BCUT2D eigenvalue weighted by atomic mass is 10.0. The molecule has 0 amide bonds. The number of rotatable bonds is 8. The molecule has 0 saturated heterocycles. The zero-order chi connectivity index (χ0) is 34.3. The van der Waals surface area contributed by atoms with Crippen molar-refractivity contribution in [3.63, 3.8) is 0 Å². The number of carbonyl (C=O) groups is 2. The lowest BCUT2D eigenvalue weighted by molar-refractivity contribution is -0.136. The number of para-hydroxylation sites is 2. The zero-order valence-electron chi connectivity index (χ0n) is 24.0. The second-order valence-electron chi connectivity index (χ2n) is 9.82. The third-order valence-corrected chi connectivity index (χ3v) is 6.58. The maximum Gasteiger partial charge on any atom is 0.418 e. The van der Waals surface area contributed by atoms with Gasteiger partial charge in [0.25, 0.3) is 0 Å². The summed E-state index contributed by atoms with van der Waals surface area (Å²) in [6.07, 6.45) is -4.51. The highest BCUT2D eigenvalue weighted by Crippen LogP contribution is 2.36. The lowest BCUT2D eigenvalue weighted by Gasteiger charge is -2.15. The molecule has 47 heavy (non-hydrogen) atoms. The van der Waals surface area contributed by atoms with E-state index in [9.17, 15) is 41.8 Å². The van der Waals surface area contributed by atoms with Gasteiger partial charge in [0.05, 0.1) is 28.9 Å². The number of alkyl halides is 3. The average molecular weight is 657 g/mol. The van der Waals surface area contributed by atoms with E-state index in [4.69, 9.17) is 14.9 Å². The first-order valence-corrected chi connectivity index (χ1v) is 13.6. The summed E-state index contributed by atoms with van der Waals surface area (Å²) in [4.78, 5) is 27.0. The number of carboxylic acids is 1. The van der Waals surface area contributed by atoms with Crippen molar-refractivity contribution in [2.24, 2.45) is 0 Å². The average Bonchev–Trinajstić information content (AvgIpc) is 3.03. The molecule has 5 rings (SSSR count). The first-order valence-electron chi connectivity index (χ1n) is 13.6. The van der Waals surface area contributed by atoms with E-state index in [1.807, 2.05) is 0 Å². The van der Waals surface area contributed by atoms with E-state index in [0.717, 1.165) is 24.3 Å². The number of pyridine rings is 1. The molecule has 1 atom stereocenters. The van der Waals surface area contributed by atoms with Crippen LogP contribution in [0.4, 0.5) is 33.3 Å². The van der Waals surface area contributed by atoms with E-state index in [1.165, 1.54) is 42.6 Å². The molecule has 0 saturated carbocycles. The second-order valence-corrected chi connectivity index (χ2v) is 9.82. The molecule has 5 N–H and O–H groups in total. The Kier molecular flexibility index (Phi) is 10.7. The van der Waals surface area contributed by atoms with Crippen molar-refractivity contribution in [2.75, 3.05) is 18.5 Å². The lowest BCUT2D eigenvalue weighted by Crippen LogP contribution is -2.22. The predicted octanol–water partition coefficient (Wildman–Crippen LogP) is 6.54. The molecule has 1 heterocycles. The summed E-state index contributed by atoms with van der Waals surface area (Å²) in [5, 5.41) is 39.5. The molecule has 0 radical (unpaired) electrons. The van der Waals surface area contributed by atoms with E-state index in [2.05, 4.69) is 10.3 Å². The van der Waals surface area contributed by atoms with Crippen LogP contribution in [0.25, 0.3) is 22.0 Å². The molecule has 1 unspecified atom stereocenters. The minimum absolute atomic E-state index is 0.0684. The first kappa shape index (κ1) is 34.3. The van der Waals surface area contributed by atoms with Gasteiger partial charge in [-0.2, -0.15) is 13.2 Å². The molecule has 9 nitrogen and oxygen atoms in total. The van der Waals surface area contributed by atoms with E-state index >= 15 is 0 Å². The standard InChI is InChI=1S/C20H17F3N2O4.C13H8F2O3/c21-20(22,23)15-6-3-5-13-17(8-9-24-18(13)15)25-16-7-2-1-4-14(16)19(28)29-11-12(27)10-26;14-8-2-3-9(11(15)6-8)7-1-4-12(16)10(5-7)13(17)18/h1-9,12,26-27H,10-11H2,(H,24,25);1-6,16H,(H,17,18). The zero-order valence-corrected chi connectivity index (χ0v) is 24.0. The van der Waals surface area contributed by atoms with Gasteiger partial charge >= 0.3 is 18.1 Å². The summed E-state index contributed by atoms with van der Waals surface area (Å²) in [5.74, 6) is -3.99. The summed E-state index contributed by atoms with van der Waals surface area (Å²) in [5.41, 5.74) is -0.328. The van der Waals surface area contributed by atoms with Gasteiger partial charge in [0.2, 0.25) is 0 Å². The van der Waals surface area contributed by atoms with Crippen molar-refractivity contribution in [3.05, 3.63) is 119 Å². The largest absolute Gasteiger partial charge is 0.507 e. The molecular formula is C33H25F5N2O7. The number of aromatic carboxylic acids is 1. The van der Waals surface area contributed by atoms with Gasteiger partial charge in [-0.25, -0.2) is 18.4 Å². The molecule has 0 aliphatic heterocycles. The number of phenols is 1. The number of aliphatic hydroxyl groups is 2. The van der Waals surface area contributed by atoms with Crippen LogP contribution >= 0.6 is 0 Å².